The molecule has 0 aromatic carbocycles. The van der Waals surface area contributed by atoms with Crippen LogP contribution in [0.1, 0.15) is 105 Å². The van der Waals surface area contributed by atoms with Crippen LogP contribution in [0.3, 0.4) is 0 Å². The van der Waals surface area contributed by atoms with E-state index in [1.54, 1.807) is 12.3 Å². The zero-order chi connectivity index (χ0) is 15.1. The first kappa shape index (κ1) is 20.4. The lowest BCUT2D eigenvalue weighted by atomic mass is 10.1. The first-order valence-corrected chi connectivity index (χ1v) is 11.2. The topological polar surface area (TPSA) is 0 Å². The van der Waals surface area contributed by atoms with Gasteiger partial charge in [-0.05, 0) is 30.8 Å². The van der Waals surface area contributed by atoms with Crippen molar-refractivity contribution in [2.24, 2.45) is 0 Å². The van der Waals surface area contributed by atoms with Crippen molar-refractivity contribution in [1.82, 2.24) is 0 Å². The highest BCUT2D eigenvalue weighted by Crippen LogP contribution is 2.43. The smallest absolute Gasteiger partial charge is 0.0266 e. The van der Waals surface area contributed by atoms with Gasteiger partial charge in [0.25, 0.3) is 0 Å². The molecular formula is C19H41P. The van der Waals surface area contributed by atoms with Gasteiger partial charge in [0.15, 0.2) is 0 Å². The maximum atomic E-state index is 2.46. The molecule has 0 aromatic heterocycles. The second kappa shape index (κ2) is 15.8. The first-order chi connectivity index (χ1) is 9.72. The molecule has 0 N–H and O–H groups in total. The zero-order valence-electron chi connectivity index (χ0n) is 14.9. The fourth-order valence-electron chi connectivity index (χ4n) is 2.82. The van der Waals surface area contributed by atoms with Crippen molar-refractivity contribution >= 4 is 7.92 Å². The summed E-state index contributed by atoms with van der Waals surface area (Å²) >= 11 is 0. The number of hydrogen-bond donors (Lipinski definition) is 0. The summed E-state index contributed by atoms with van der Waals surface area (Å²) in [7, 11) is 0.331. The van der Waals surface area contributed by atoms with Crippen LogP contribution in [-0.2, 0) is 0 Å². The molecule has 0 saturated carbocycles. The average Bonchev–Trinajstić information content (AvgIpc) is 2.43. The molecule has 122 valence electrons. The number of unbranched alkanes of at least 4 members (excludes halogenated alkanes) is 10. The molecule has 0 atom stereocenters. The highest BCUT2D eigenvalue weighted by atomic mass is 31.1. The van der Waals surface area contributed by atoms with Crippen molar-refractivity contribution in [2.45, 2.75) is 110 Å². The second-order valence-corrected chi connectivity index (χ2v) is 9.77. The largest absolute Gasteiger partial charge is 0.104 e. The van der Waals surface area contributed by atoms with Gasteiger partial charge >= 0.3 is 0 Å². The Bertz CT molecular complexity index is 161. The summed E-state index contributed by atoms with van der Waals surface area (Å²) < 4.78 is 0. The fourth-order valence-corrected chi connectivity index (χ4v) is 5.33. The lowest BCUT2D eigenvalue weighted by molar-refractivity contribution is 0.621. The average molecular weight is 301 g/mol. The molecule has 0 radical (unpaired) electrons. The Balaban J connectivity index is 3.51. The molecule has 0 nitrogen and oxygen atoms in total. The minimum absolute atomic E-state index is 0.331. The van der Waals surface area contributed by atoms with Gasteiger partial charge in [0, 0.05) is 0 Å². The van der Waals surface area contributed by atoms with Gasteiger partial charge in [-0.3, -0.25) is 0 Å². The maximum Gasteiger partial charge on any atom is -0.0266 e. The third kappa shape index (κ3) is 13.4. The van der Waals surface area contributed by atoms with Crippen LogP contribution in [0.4, 0.5) is 0 Å². The Hall–Kier alpha value is 0.430. The van der Waals surface area contributed by atoms with Crippen LogP contribution in [0, 0.1) is 0 Å². The third-order valence-electron chi connectivity index (χ3n) is 4.33. The first-order valence-electron chi connectivity index (χ1n) is 9.46. The van der Waals surface area contributed by atoms with Gasteiger partial charge < -0.3 is 0 Å². The molecular weight excluding hydrogens is 259 g/mol. The van der Waals surface area contributed by atoms with Crippen LogP contribution in [0.15, 0.2) is 0 Å². The monoisotopic (exact) mass is 300 g/mol. The van der Waals surface area contributed by atoms with E-state index in [4.69, 9.17) is 0 Å². The standard InChI is InChI=1S/C19H41P/c1-5-7-9-11-13-15-17-20(19(3)4)18-16-14-12-10-8-6-2/h19H,5-18H2,1-4H3. The molecule has 0 spiro atoms. The van der Waals surface area contributed by atoms with Crippen LogP contribution in [0.2, 0.25) is 0 Å². The Morgan fingerprint density at radius 2 is 0.900 bits per heavy atom. The Morgan fingerprint density at radius 1 is 0.550 bits per heavy atom. The molecule has 0 aliphatic rings. The SMILES string of the molecule is CCCCCCCCP(CCCCCCCC)C(C)C. The quantitative estimate of drug-likeness (QED) is 0.216. The lowest BCUT2D eigenvalue weighted by Crippen LogP contribution is -2.02. The molecule has 0 saturated heterocycles. The van der Waals surface area contributed by atoms with E-state index in [0.717, 1.165) is 5.66 Å². The molecule has 0 amide bonds. The summed E-state index contributed by atoms with van der Waals surface area (Å²) in [4.78, 5) is 0. The summed E-state index contributed by atoms with van der Waals surface area (Å²) in [6, 6.07) is 0. The highest BCUT2D eigenvalue weighted by Gasteiger charge is 2.11. The van der Waals surface area contributed by atoms with E-state index in [1.807, 2.05) is 0 Å². The van der Waals surface area contributed by atoms with E-state index < -0.39 is 0 Å². The van der Waals surface area contributed by atoms with Crippen molar-refractivity contribution < 1.29 is 0 Å². The van der Waals surface area contributed by atoms with Gasteiger partial charge in [-0.25, -0.2) is 0 Å². The van der Waals surface area contributed by atoms with Gasteiger partial charge in [0.05, 0.1) is 0 Å². The van der Waals surface area contributed by atoms with Crippen molar-refractivity contribution in [1.29, 1.82) is 0 Å². The molecule has 0 aliphatic heterocycles. The van der Waals surface area contributed by atoms with Gasteiger partial charge in [-0.1, -0.05) is 91.9 Å². The second-order valence-electron chi connectivity index (χ2n) is 6.67. The Labute approximate surface area is 131 Å². The normalized spacial score (nSPS) is 11.7. The van der Waals surface area contributed by atoms with E-state index in [1.165, 1.54) is 77.0 Å². The van der Waals surface area contributed by atoms with Crippen LogP contribution in [0.5, 0.6) is 0 Å². The Morgan fingerprint density at radius 3 is 1.25 bits per heavy atom. The van der Waals surface area contributed by atoms with Crippen molar-refractivity contribution in [3.63, 3.8) is 0 Å². The maximum absolute atomic E-state index is 2.46. The fraction of sp³-hybridized carbons (Fsp3) is 1.00. The van der Waals surface area contributed by atoms with Gasteiger partial charge in [-0.2, -0.15) is 0 Å². The zero-order valence-corrected chi connectivity index (χ0v) is 15.8. The molecule has 1 heteroatoms. The van der Waals surface area contributed by atoms with E-state index in [2.05, 4.69) is 27.7 Å². The predicted octanol–water partition coefficient (Wildman–Crippen LogP) is 7.60. The van der Waals surface area contributed by atoms with Crippen molar-refractivity contribution in [3.8, 4) is 0 Å². The summed E-state index contributed by atoms with van der Waals surface area (Å²) in [6.45, 7) is 9.52. The number of hydrogen-bond acceptors (Lipinski definition) is 0. The molecule has 0 aliphatic carbocycles. The molecule has 0 bridgehead atoms. The molecule has 0 aromatic rings. The number of rotatable bonds is 15. The van der Waals surface area contributed by atoms with Gasteiger partial charge in [-0.15, -0.1) is 7.92 Å². The predicted molar refractivity (Wildman–Crippen MR) is 98.5 cm³/mol. The van der Waals surface area contributed by atoms with Crippen LogP contribution in [-0.4, -0.2) is 18.0 Å². The van der Waals surface area contributed by atoms with Crippen molar-refractivity contribution in [2.75, 3.05) is 12.3 Å². The lowest BCUT2D eigenvalue weighted by Gasteiger charge is -2.21. The molecule has 0 unspecified atom stereocenters. The van der Waals surface area contributed by atoms with Crippen LogP contribution >= 0.6 is 7.92 Å². The minimum Gasteiger partial charge on any atom is -0.104 e. The van der Waals surface area contributed by atoms with E-state index in [9.17, 15) is 0 Å². The summed E-state index contributed by atoms with van der Waals surface area (Å²) in [5, 5.41) is 0. The third-order valence-corrected chi connectivity index (χ3v) is 7.57. The molecule has 0 rings (SSSR count). The minimum atomic E-state index is 0.331. The van der Waals surface area contributed by atoms with Crippen molar-refractivity contribution in [3.05, 3.63) is 0 Å². The van der Waals surface area contributed by atoms with E-state index >= 15 is 0 Å². The summed E-state index contributed by atoms with van der Waals surface area (Å²) in [5.41, 5.74) is 0.955. The molecule has 20 heavy (non-hydrogen) atoms. The Kier molecular flexibility index (Phi) is 16.2. The van der Waals surface area contributed by atoms with Gasteiger partial charge in [0.2, 0.25) is 0 Å². The van der Waals surface area contributed by atoms with Crippen LogP contribution in [0.25, 0.3) is 0 Å². The molecule has 0 heterocycles. The van der Waals surface area contributed by atoms with E-state index in [-0.39, 0.29) is 0 Å². The van der Waals surface area contributed by atoms with Crippen LogP contribution < -0.4 is 0 Å². The summed E-state index contributed by atoms with van der Waals surface area (Å²) in [6.07, 6.45) is 20.6. The summed E-state index contributed by atoms with van der Waals surface area (Å²) in [5.74, 6) is 0. The molecule has 0 fully saturated rings. The highest BCUT2D eigenvalue weighted by molar-refractivity contribution is 7.58. The van der Waals surface area contributed by atoms with E-state index in [0.29, 0.717) is 7.92 Å². The van der Waals surface area contributed by atoms with Gasteiger partial charge in [0.1, 0.15) is 0 Å².